The van der Waals surface area contributed by atoms with Crippen molar-refractivity contribution < 1.29 is 14.6 Å². The molecule has 2 rings (SSSR count). The number of ether oxygens (including phenoxy) is 1. The molecule has 130 valence electrons. The van der Waals surface area contributed by atoms with Gasteiger partial charge in [-0.25, -0.2) is 0 Å². The molecule has 0 saturated carbocycles. The Labute approximate surface area is 140 Å². The van der Waals surface area contributed by atoms with Crippen LogP contribution in [0.15, 0.2) is 24.3 Å². The van der Waals surface area contributed by atoms with Crippen LogP contribution in [0.4, 0.5) is 0 Å². The van der Waals surface area contributed by atoms with E-state index in [-0.39, 0.29) is 18.3 Å². The summed E-state index contributed by atoms with van der Waals surface area (Å²) in [6, 6.07) is 0. The molecule has 1 N–H and O–H groups in total. The van der Waals surface area contributed by atoms with Crippen molar-refractivity contribution in [1.82, 2.24) is 0 Å². The standard InChI is InChI=1S/C20H32O3/c1-14(2)16-7-6-15(3)18-9-11-20(5,23-18)13-17(21)12-19(4,22)10-8-16/h8,10,14,16,18,22H,3,6-7,9,11-13H2,1-2,4-5H3/b10-8+/t16-,18+,19-,20+/m1/s1. The molecule has 0 aromatic heterocycles. The van der Waals surface area contributed by atoms with E-state index in [1.165, 1.54) is 0 Å². The first kappa shape index (κ1) is 18.4. The highest BCUT2D eigenvalue weighted by atomic mass is 16.5. The van der Waals surface area contributed by atoms with Crippen molar-refractivity contribution >= 4 is 5.78 Å². The number of carbonyl (C=O) groups is 1. The lowest BCUT2D eigenvalue weighted by molar-refractivity contribution is -0.128. The minimum absolute atomic E-state index is 0.0637. The maximum atomic E-state index is 12.4. The van der Waals surface area contributed by atoms with Gasteiger partial charge in [-0.05, 0) is 56.9 Å². The Balaban J connectivity index is 2.23. The highest BCUT2D eigenvalue weighted by molar-refractivity contribution is 5.80. The van der Waals surface area contributed by atoms with Crippen molar-refractivity contribution in [3.8, 4) is 0 Å². The van der Waals surface area contributed by atoms with Crippen LogP contribution in [0.5, 0.6) is 0 Å². The molecule has 1 saturated heterocycles. The van der Waals surface area contributed by atoms with Gasteiger partial charge in [0.05, 0.1) is 17.3 Å². The first-order chi connectivity index (χ1) is 10.6. The van der Waals surface area contributed by atoms with Gasteiger partial charge in [0.2, 0.25) is 0 Å². The van der Waals surface area contributed by atoms with Gasteiger partial charge in [0.15, 0.2) is 0 Å². The zero-order valence-electron chi connectivity index (χ0n) is 15.1. The number of Topliss-reactive ketones (excluding diaryl/α,β-unsaturated/α-hetero) is 1. The first-order valence-electron chi connectivity index (χ1n) is 8.89. The number of ketones is 1. The summed E-state index contributed by atoms with van der Waals surface area (Å²) in [6.45, 7) is 12.4. The molecule has 2 aliphatic rings. The van der Waals surface area contributed by atoms with Crippen molar-refractivity contribution in [2.24, 2.45) is 11.8 Å². The quantitative estimate of drug-likeness (QED) is 0.736. The van der Waals surface area contributed by atoms with Crippen molar-refractivity contribution in [3.63, 3.8) is 0 Å². The summed E-state index contributed by atoms with van der Waals surface area (Å²) < 4.78 is 6.19. The fraction of sp³-hybridized carbons (Fsp3) is 0.750. The molecule has 0 amide bonds. The van der Waals surface area contributed by atoms with E-state index in [0.717, 1.165) is 31.3 Å². The van der Waals surface area contributed by atoms with Gasteiger partial charge in [-0.2, -0.15) is 0 Å². The number of rotatable bonds is 1. The molecule has 3 heteroatoms. The zero-order chi connectivity index (χ0) is 17.3. The SMILES string of the molecule is C=C1CC[C@@H](C(C)C)/C=C/[C@@](C)(O)CC(=O)C[C@]2(C)CC[C@@H]1O2. The number of hydrogen-bond acceptors (Lipinski definition) is 3. The molecule has 2 bridgehead atoms. The lowest BCUT2D eigenvalue weighted by atomic mass is 9.85. The van der Waals surface area contributed by atoms with E-state index in [1.54, 1.807) is 6.92 Å². The summed E-state index contributed by atoms with van der Waals surface area (Å²) in [4.78, 5) is 12.4. The van der Waals surface area contributed by atoms with Crippen LogP contribution in [-0.2, 0) is 9.53 Å². The third kappa shape index (κ3) is 5.02. The molecule has 0 aliphatic carbocycles. The summed E-state index contributed by atoms with van der Waals surface area (Å²) in [5.41, 5.74) is -0.342. The van der Waals surface area contributed by atoms with Gasteiger partial charge in [-0.3, -0.25) is 4.79 Å². The molecule has 3 nitrogen and oxygen atoms in total. The molecule has 2 aliphatic heterocycles. The smallest absolute Gasteiger partial charge is 0.138 e. The topological polar surface area (TPSA) is 46.5 Å². The molecule has 23 heavy (non-hydrogen) atoms. The maximum absolute atomic E-state index is 12.4. The Kier molecular flexibility index (Phi) is 5.52. The van der Waals surface area contributed by atoms with Crippen LogP contribution in [0, 0.1) is 11.8 Å². The van der Waals surface area contributed by atoms with Gasteiger partial charge in [-0.15, -0.1) is 0 Å². The van der Waals surface area contributed by atoms with Crippen molar-refractivity contribution in [3.05, 3.63) is 24.3 Å². The molecule has 0 unspecified atom stereocenters. The van der Waals surface area contributed by atoms with E-state index in [1.807, 2.05) is 13.0 Å². The fourth-order valence-electron chi connectivity index (χ4n) is 3.75. The predicted molar refractivity (Wildman–Crippen MR) is 93.2 cm³/mol. The maximum Gasteiger partial charge on any atom is 0.138 e. The Morgan fingerprint density at radius 3 is 2.65 bits per heavy atom. The van der Waals surface area contributed by atoms with Gasteiger partial charge in [0.25, 0.3) is 0 Å². The number of carbonyl (C=O) groups excluding carboxylic acids is 1. The lowest BCUT2D eigenvalue weighted by Gasteiger charge is -2.26. The van der Waals surface area contributed by atoms with Crippen molar-refractivity contribution in [2.75, 3.05) is 0 Å². The number of hydrogen-bond donors (Lipinski definition) is 1. The van der Waals surface area contributed by atoms with E-state index in [2.05, 4.69) is 26.5 Å². The molecule has 4 atom stereocenters. The number of allylic oxidation sites excluding steroid dienone is 1. The van der Waals surface area contributed by atoms with Crippen LogP contribution in [-0.4, -0.2) is 28.2 Å². The lowest BCUT2D eigenvalue weighted by Crippen LogP contribution is -2.32. The van der Waals surface area contributed by atoms with Crippen molar-refractivity contribution in [2.45, 2.75) is 83.5 Å². The molecule has 0 aromatic rings. The van der Waals surface area contributed by atoms with E-state index in [9.17, 15) is 9.90 Å². The third-order valence-corrected chi connectivity index (χ3v) is 5.30. The van der Waals surface area contributed by atoms with Crippen LogP contribution < -0.4 is 0 Å². The van der Waals surface area contributed by atoms with Crippen LogP contribution in [0.2, 0.25) is 0 Å². The minimum Gasteiger partial charge on any atom is -0.386 e. The second kappa shape index (κ2) is 6.90. The largest absolute Gasteiger partial charge is 0.386 e. The van der Waals surface area contributed by atoms with Gasteiger partial charge in [0.1, 0.15) is 5.78 Å². The number of fused-ring (bicyclic) bond motifs is 2. The van der Waals surface area contributed by atoms with E-state index >= 15 is 0 Å². The molecule has 0 spiro atoms. The Bertz CT molecular complexity index is 489. The molecule has 2 heterocycles. The molecule has 1 fully saturated rings. The zero-order valence-corrected chi connectivity index (χ0v) is 15.1. The average Bonchev–Trinajstić information content (AvgIpc) is 2.78. The molecular weight excluding hydrogens is 288 g/mol. The molecule has 0 radical (unpaired) electrons. The Morgan fingerprint density at radius 1 is 1.30 bits per heavy atom. The fourth-order valence-corrected chi connectivity index (χ4v) is 3.75. The van der Waals surface area contributed by atoms with Gasteiger partial charge < -0.3 is 9.84 Å². The highest BCUT2D eigenvalue weighted by Gasteiger charge is 2.39. The normalized spacial score (nSPS) is 41.3. The average molecular weight is 320 g/mol. The Morgan fingerprint density at radius 2 is 2.00 bits per heavy atom. The van der Waals surface area contributed by atoms with E-state index < -0.39 is 11.2 Å². The van der Waals surface area contributed by atoms with E-state index in [4.69, 9.17) is 4.74 Å². The summed E-state index contributed by atoms with van der Waals surface area (Å²) >= 11 is 0. The highest BCUT2D eigenvalue weighted by Crippen LogP contribution is 2.38. The van der Waals surface area contributed by atoms with Crippen LogP contribution in [0.3, 0.4) is 0 Å². The van der Waals surface area contributed by atoms with Crippen LogP contribution in [0.25, 0.3) is 0 Å². The minimum atomic E-state index is -1.08. The Hall–Kier alpha value is -0.930. The summed E-state index contributed by atoms with van der Waals surface area (Å²) in [7, 11) is 0. The number of aliphatic hydroxyl groups is 1. The summed E-state index contributed by atoms with van der Waals surface area (Å²) in [5, 5.41) is 10.5. The monoisotopic (exact) mass is 320 g/mol. The molecule has 0 aromatic carbocycles. The third-order valence-electron chi connectivity index (χ3n) is 5.30. The van der Waals surface area contributed by atoms with Crippen LogP contribution in [0.1, 0.15) is 66.2 Å². The summed E-state index contributed by atoms with van der Waals surface area (Å²) in [6.07, 6.45) is 8.27. The first-order valence-corrected chi connectivity index (χ1v) is 8.89. The second-order valence-electron chi connectivity index (χ2n) is 8.31. The molecular formula is C20H32O3. The van der Waals surface area contributed by atoms with Gasteiger partial charge >= 0.3 is 0 Å². The second-order valence-corrected chi connectivity index (χ2v) is 8.31. The van der Waals surface area contributed by atoms with Crippen molar-refractivity contribution in [1.29, 1.82) is 0 Å². The van der Waals surface area contributed by atoms with Crippen LogP contribution >= 0.6 is 0 Å². The summed E-state index contributed by atoms with van der Waals surface area (Å²) in [5.74, 6) is 0.932. The van der Waals surface area contributed by atoms with Gasteiger partial charge in [0, 0.05) is 12.8 Å². The van der Waals surface area contributed by atoms with Gasteiger partial charge in [-0.1, -0.05) is 32.6 Å². The predicted octanol–water partition coefficient (Wildman–Crippen LogP) is 4.20. The van der Waals surface area contributed by atoms with E-state index in [0.29, 0.717) is 18.3 Å².